The Hall–Kier alpha value is -1.88. The summed E-state index contributed by atoms with van der Waals surface area (Å²) < 4.78 is 5.05. The first kappa shape index (κ1) is 15.2. The molecule has 0 spiro atoms. The Morgan fingerprint density at radius 1 is 1.32 bits per heavy atom. The molecule has 0 saturated carbocycles. The van der Waals surface area contributed by atoms with Crippen molar-refractivity contribution in [2.45, 2.75) is 32.9 Å². The van der Waals surface area contributed by atoms with Gasteiger partial charge in [0.2, 0.25) is 0 Å². The monoisotopic (exact) mass is 264 g/mol. The molecular weight excluding hydrogens is 244 g/mol. The Kier molecular flexibility index (Phi) is 5.06. The molecule has 0 saturated heterocycles. The van der Waals surface area contributed by atoms with E-state index in [1.165, 1.54) is 0 Å². The number of nitrogens with two attached hydrogens (primary N) is 1. The molecule has 0 bridgehead atoms. The van der Waals surface area contributed by atoms with Crippen LogP contribution >= 0.6 is 0 Å². The fourth-order valence-electron chi connectivity index (χ4n) is 1.44. The van der Waals surface area contributed by atoms with E-state index in [4.69, 9.17) is 10.5 Å². The number of alkyl carbamates (subject to hydrolysis) is 1. The highest BCUT2D eigenvalue weighted by Crippen LogP contribution is 2.07. The third-order valence-corrected chi connectivity index (χ3v) is 2.28. The lowest BCUT2D eigenvalue weighted by atomic mass is 10.1. The fraction of sp³-hybridized carbons (Fsp3) is 0.429. The lowest BCUT2D eigenvalue weighted by molar-refractivity contribution is 0.0520. The van der Waals surface area contributed by atoms with Crippen LogP contribution in [0.25, 0.3) is 0 Å². The van der Waals surface area contributed by atoms with Crippen molar-refractivity contribution in [2.75, 3.05) is 6.54 Å². The molecule has 0 aliphatic heterocycles. The van der Waals surface area contributed by atoms with Crippen molar-refractivity contribution in [1.82, 2.24) is 5.32 Å². The maximum absolute atomic E-state index is 11.9. The van der Waals surface area contributed by atoms with E-state index in [2.05, 4.69) is 5.32 Å². The molecule has 0 aliphatic carbocycles. The summed E-state index contributed by atoms with van der Waals surface area (Å²) in [6.07, 6.45) is -0.601. The number of amides is 1. The predicted molar refractivity (Wildman–Crippen MR) is 72.9 cm³/mol. The molecule has 0 radical (unpaired) electrons. The molecule has 104 valence electrons. The molecule has 1 aromatic carbocycles. The van der Waals surface area contributed by atoms with Crippen LogP contribution in [0.5, 0.6) is 0 Å². The van der Waals surface area contributed by atoms with Crippen LogP contribution in [0.15, 0.2) is 24.3 Å². The second kappa shape index (κ2) is 6.33. The van der Waals surface area contributed by atoms with Crippen molar-refractivity contribution in [3.05, 3.63) is 35.4 Å². The summed E-state index contributed by atoms with van der Waals surface area (Å²) in [5.41, 5.74) is 6.34. The van der Waals surface area contributed by atoms with E-state index >= 15 is 0 Å². The molecule has 5 heteroatoms. The van der Waals surface area contributed by atoms with E-state index < -0.39 is 11.7 Å². The Morgan fingerprint density at radius 2 is 2.00 bits per heavy atom. The molecule has 0 aliphatic rings. The van der Waals surface area contributed by atoms with Crippen LogP contribution in [0.3, 0.4) is 0 Å². The lowest BCUT2D eigenvalue weighted by Gasteiger charge is -2.19. The van der Waals surface area contributed by atoms with E-state index in [1.54, 1.807) is 39.0 Å². The number of hydrogen-bond acceptors (Lipinski definition) is 4. The molecule has 0 heterocycles. The number of nitrogens with one attached hydrogen (secondary N) is 1. The van der Waals surface area contributed by atoms with Crippen molar-refractivity contribution in [1.29, 1.82) is 0 Å². The third-order valence-electron chi connectivity index (χ3n) is 2.28. The van der Waals surface area contributed by atoms with Crippen LogP contribution in [0.2, 0.25) is 0 Å². The minimum Gasteiger partial charge on any atom is -0.444 e. The largest absolute Gasteiger partial charge is 0.444 e. The number of ether oxygens (including phenoxy) is 1. The van der Waals surface area contributed by atoms with E-state index in [9.17, 15) is 9.59 Å². The number of hydrogen-bond donors (Lipinski definition) is 2. The second-order valence-electron chi connectivity index (χ2n) is 5.18. The maximum atomic E-state index is 11.9. The van der Waals surface area contributed by atoms with Crippen LogP contribution in [0, 0.1) is 0 Å². The molecule has 0 atom stereocenters. The number of carbonyl (C=O) groups is 2. The summed E-state index contributed by atoms with van der Waals surface area (Å²) in [6, 6.07) is 7.03. The molecule has 0 fully saturated rings. The van der Waals surface area contributed by atoms with Gasteiger partial charge in [0.05, 0.1) is 6.54 Å². The summed E-state index contributed by atoms with van der Waals surface area (Å²) >= 11 is 0. The van der Waals surface area contributed by atoms with Gasteiger partial charge in [0, 0.05) is 12.1 Å². The summed E-state index contributed by atoms with van der Waals surface area (Å²) in [7, 11) is 0. The van der Waals surface area contributed by atoms with E-state index in [0.717, 1.165) is 5.56 Å². The average molecular weight is 264 g/mol. The quantitative estimate of drug-likeness (QED) is 0.813. The van der Waals surface area contributed by atoms with Crippen molar-refractivity contribution in [3.8, 4) is 0 Å². The average Bonchev–Trinajstić information content (AvgIpc) is 2.34. The maximum Gasteiger partial charge on any atom is 0.408 e. The molecule has 3 N–H and O–H groups in total. The smallest absolute Gasteiger partial charge is 0.408 e. The number of ketones is 1. The number of Topliss-reactive ketones (excluding diaryl/α,β-unsaturated/α-hetero) is 1. The van der Waals surface area contributed by atoms with Gasteiger partial charge >= 0.3 is 6.09 Å². The second-order valence-corrected chi connectivity index (χ2v) is 5.18. The van der Waals surface area contributed by atoms with Crippen molar-refractivity contribution in [3.63, 3.8) is 0 Å². The van der Waals surface area contributed by atoms with Crippen LogP contribution in [-0.4, -0.2) is 24.0 Å². The normalized spacial score (nSPS) is 10.9. The first-order chi connectivity index (χ1) is 8.81. The van der Waals surface area contributed by atoms with Crippen molar-refractivity contribution in [2.24, 2.45) is 5.73 Å². The van der Waals surface area contributed by atoms with E-state index in [0.29, 0.717) is 12.1 Å². The highest BCUT2D eigenvalue weighted by molar-refractivity contribution is 5.99. The number of rotatable bonds is 4. The molecular formula is C14H20N2O3. The van der Waals surface area contributed by atoms with Gasteiger partial charge in [0.25, 0.3) is 0 Å². The Morgan fingerprint density at radius 3 is 2.58 bits per heavy atom. The summed E-state index contributed by atoms with van der Waals surface area (Å²) in [5, 5.41) is 2.43. The van der Waals surface area contributed by atoms with Crippen molar-refractivity contribution >= 4 is 11.9 Å². The molecule has 1 amide bonds. The zero-order valence-electron chi connectivity index (χ0n) is 11.5. The molecule has 1 rings (SSSR count). The van der Waals surface area contributed by atoms with Crippen LogP contribution in [0.1, 0.15) is 36.7 Å². The Balaban J connectivity index is 2.53. The van der Waals surface area contributed by atoms with Crippen molar-refractivity contribution < 1.29 is 14.3 Å². The molecule has 19 heavy (non-hydrogen) atoms. The SMILES string of the molecule is CC(C)(C)OC(=O)NCC(=O)c1cccc(CN)c1. The van der Waals surface area contributed by atoms with E-state index in [1.807, 2.05) is 6.07 Å². The third kappa shape index (κ3) is 5.52. The van der Waals surface area contributed by atoms with Crippen LogP contribution in [0.4, 0.5) is 4.79 Å². The van der Waals surface area contributed by atoms with Gasteiger partial charge in [0.15, 0.2) is 5.78 Å². The molecule has 5 nitrogen and oxygen atoms in total. The van der Waals surface area contributed by atoms with Gasteiger partial charge < -0.3 is 15.8 Å². The van der Waals surface area contributed by atoms with Gasteiger partial charge in [-0.1, -0.05) is 18.2 Å². The first-order valence-corrected chi connectivity index (χ1v) is 6.11. The molecule has 1 aromatic rings. The topological polar surface area (TPSA) is 81.4 Å². The van der Waals surface area contributed by atoms with E-state index in [-0.39, 0.29) is 12.3 Å². The summed E-state index contributed by atoms with van der Waals surface area (Å²) in [4.78, 5) is 23.3. The van der Waals surface area contributed by atoms with Gasteiger partial charge in [0.1, 0.15) is 5.60 Å². The standard InChI is InChI=1S/C14H20N2O3/c1-14(2,3)19-13(18)16-9-12(17)11-6-4-5-10(7-11)8-15/h4-7H,8-9,15H2,1-3H3,(H,16,18). The Bertz CT molecular complexity index is 464. The molecule has 0 aromatic heterocycles. The zero-order chi connectivity index (χ0) is 14.5. The fourth-order valence-corrected chi connectivity index (χ4v) is 1.44. The Labute approximate surface area is 113 Å². The lowest BCUT2D eigenvalue weighted by Crippen LogP contribution is -2.35. The van der Waals surface area contributed by atoms with Crippen LogP contribution < -0.4 is 11.1 Å². The molecule has 0 unspecified atom stereocenters. The van der Waals surface area contributed by atoms with Gasteiger partial charge in [-0.05, 0) is 32.4 Å². The van der Waals surface area contributed by atoms with Gasteiger partial charge in [-0.25, -0.2) is 4.79 Å². The van der Waals surface area contributed by atoms with Gasteiger partial charge in [-0.2, -0.15) is 0 Å². The van der Waals surface area contributed by atoms with Gasteiger partial charge in [-0.15, -0.1) is 0 Å². The van der Waals surface area contributed by atoms with Gasteiger partial charge in [-0.3, -0.25) is 4.79 Å². The predicted octanol–water partition coefficient (Wildman–Crippen LogP) is 1.85. The highest BCUT2D eigenvalue weighted by atomic mass is 16.6. The summed E-state index contributed by atoms with van der Waals surface area (Å²) in [5.74, 6) is -0.179. The zero-order valence-corrected chi connectivity index (χ0v) is 11.5. The number of carbonyl (C=O) groups excluding carboxylic acids is 2. The minimum atomic E-state index is -0.601. The minimum absolute atomic E-state index is 0.0943. The first-order valence-electron chi connectivity index (χ1n) is 6.11. The highest BCUT2D eigenvalue weighted by Gasteiger charge is 2.16. The number of benzene rings is 1. The summed E-state index contributed by atoms with van der Waals surface area (Å²) in [6.45, 7) is 5.57. The van der Waals surface area contributed by atoms with Crippen LogP contribution in [-0.2, 0) is 11.3 Å².